The van der Waals surface area contributed by atoms with Gasteiger partial charge in [-0.05, 0) is 56.1 Å². The number of nitrogens with one attached hydrogen (secondary N) is 1. The summed E-state index contributed by atoms with van der Waals surface area (Å²) in [6, 6.07) is 6.42. The average molecular weight is 474 g/mol. The van der Waals surface area contributed by atoms with E-state index in [1.54, 1.807) is 24.3 Å². The Balaban J connectivity index is 2.34. The molecule has 0 radical (unpaired) electrons. The van der Waals surface area contributed by atoms with E-state index in [1.165, 1.54) is 20.4 Å². The van der Waals surface area contributed by atoms with Gasteiger partial charge in [-0.2, -0.15) is 5.10 Å². The molecule has 9 heteroatoms. The number of hydrazone groups is 1. The second-order valence-corrected chi connectivity index (χ2v) is 6.44. The van der Waals surface area contributed by atoms with Crippen molar-refractivity contribution in [2.75, 3.05) is 19.6 Å². The summed E-state index contributed by atoms with van der Waals surface area (Å²) in [7, 11) is 2.80. The van der Waals surface area contributed by atoms with E-state index in [9.17, 15) is 15.0 Å². The molecule has 0 aliphatic heterocycles. The van der Waals surface area contributed by atoms with Gasteiger partial charge in [0.2, 0.25) is 0 Å². The number of phenols is 1. The zero-order valence-electron chi connectivity index (χ0n) is 13.2. The number of phenolic OH excluding ortho intramolecular Hbond substituents is 1. The van der Waals surface area contributed by atoms with Crippen LogP contribution < -0.4 is 14.9 Å². The minimum absolute atomic E-state index is 0.0551. The molecule has 3 N–H and O–H groups in total. The summed E-state index contributed by atoms with van der Waals surface area (Å²) < 4.78 is 11.2. The predicted octanol–water partition coefficient (Wildman–Crippen LogP) is 4.08. The van der Waals surface area contributed by atoms with Crippen LogP contribution in [0.2, 0.25) is 0 Å². The molecule has 0 heterocycles. The number of ether oxygens (including phenoxy) is 2. The van der Waals surface area contributed by atoms with Crippen LogP contribution in [0.3, 0.4) is 0 Å². The minimum Gasteiger partial charge on any atom is -0.506 e. The first-order valence-corrected chi connectivity index (χ1v) is 8.43. The van der Waals surface area contributed by atoms with E-state index in [0.717, 1.165) is 0 Å². The quantitative estimate of drug-likeness (QED) is 0.332. The third-order valence-corrected chi connectivity index (χ3v) is 4.41. The van der Waals surface area contributed by atoms with E-state index in [1.807, 2.05) is 0 Å². The maximum Gasteiger partial charge on any atom is 0.340 e. The fourth-order valence-corrected chi connectivity index (χ4v) is 3.26. The maximum atomic E-state index is 11.6. The standard InChI is InChI=1S/C16H14Br2N2O5/c1-24-12-4-3-8(13(16(22)23)15(12)25-2)7-19-20-9-5-10(17)14(21)11(18)6-9/h3-7,20-21H,1-2H3,(H,22,23)/b19-7-. The topological polar surface area (TPSA) is 100 Å². The van der Waals surface area contributed by atoms with Gasteiger partial charge in [-0.3, -0.25) is 5.43 Å². The first-order valence-electron chi connectivity index (χ1n) is 6.84. The van der Waals surface area contributed by atoms with Gasteiger partial charge in [0, 0.05) is 5.56 Å². The van der Waals surface area contributed by atoms with Gasteiger partial charge in [-0.25, -0.2) is 4.79 Å². The summed E-state index contributed by atoms with van der Waals surface area (Å²) >= 11 is 6.44. The molecular weight excluding hydrogens is 460 g/mol. The lowest BCUT2D eigenvalue weighted by Crippen LogP contribution is -2.07. The Morgan fingerprint density at radius 3 is 2.36 bits per heavy atom. The molecule has 2 aromatic carbocycles. The largest absolute Gasteiger partial charge is 0.506 e. The minimum atomic E-state index is -1.16. The number of halogens is 2. The zero-order chi connectivity index (χ0) is 18.6. The summed E-state index contributed by atoms with van der Waals surface area (Å²) in [5.41, 5.74) is 3.64. The average Bonchev–Trinajstić information content (AvgIpc) is 2.58. The molecule has 7 nitrogen and oxygen atoms in total. The first-order chi connectivity index (χ1) is 11.9. The van der Waals surface area contributed by atoms with Crippen LogP contribution in [0, 0.1) is 0 Å². The van der Waals surface area contributed by atoms with Crippen LogP contribution in [0.4, 0.5) is 5.69 Å². The highest BCUT2D eigenvalue weighted by atomic mass is 79.9. The molecule has 0 amide bonds. The van der Waals surface area contributed by atoms with Crippen molar-refractivity contribution in [3.63, 3.8) is 0 Å². The zero-order valence-corrected chi connectivity index (χ0v) is 16.4. The monoisotopic (exact) mass is 472 g/mol. The maximum absolute atomic E-state index is 11.6. The molecule has 132 valence electrons. The molecule has 0 aliphatic carbocycles. The fraction of sp³-hybridized carbons (Fsp3) is 0.125. The van der Waals surface area contributed by atoms with Crippen molar-refractivity contribution in [2.45, 2.75) is 0 Å². The van der Waals surface area contributed by atoms with Crippen LogP contribution in [0.15, 0.2) is 38.3 Å². The van der Waals surface area contributed by atoms with Gasteiger partial charge < -0.3 is 19.7 Å². The number of rotatable bonds is 6. The lowest BCUT2D eigenvalue weighted by atomic mass is 10.1. The molecule has 2 rings (SSSR count). The van der Waals surface area contributed by atoms with Crippen molar-refractivity contribution in [2.24, 2.45) is 5.10 Å². The molecule has 0 bridgehead atoms. The summed E-state index contributed by atoms with van der Waals surface area (Å²) in [4.78, 5) is 11.6. The van der Waals surface area contributed by atoms with Gasteiger partial charge in [0.1, 0.15) is 11.3 Å². The number of aromatic carboxylic acids is 1. The van der Waals surface area contributed by atoms with Crippen molar-refractivity contribution in [3.8, 4) is 17.2 Å². The number of benzene rings is 2. The van der Waals surface area contributed by atoms with Crippen LogP contribution in [0.5, 0.6) is 17.2 Å². The number of carbonyl (C=O) groups is 1. The number of aromatic hydroxyl groups is 1. The first kappa shape index (κ1) is 19.1. The lowest BCUT2D eigenvalue weighted by molar-refractivity contribution is 0.0692. The van der Waals surface area contributed by atoms with Crippen molar-refractivity contribution in [1.82, 2.24) is 0 Å². The molecular formula is C16H14Br2N2O5. The Morgan fingerprint density at radius 2 is 1.84 bits per heavy atom. The van der Waals surface area contributed by atoms with E-state index in [4.69, 9.17) is 9.47 Å². The Kier molecular flexibility index (Phi) is 6.27. The Labute approximate surface area is 160 Å². The van der Waals surface area contributed by atoms with Gasteiger partial charge in [-0.15, -0.1) is 0 Å². The van der Waals surface area contributed by atoms with Gasteiger partial charge >= 0.3 is 5.97 Å². The number of carboxylic acid groups (broad SMARTS) is 1. The van der Waals surface area contributed by atoms with Crippen LogP contribution in [-0.4, -0.2) is 36.6 Å². The van der Waals surface area contributed by atoms with Crippen LogP contribution in [0.1, 0.15) is 15.9 Å². The van der Waals surface area contributed by atoms with E-state index in [-0.39, 0.29) is 17.1 Å². The molecule has 0 unspecified atom stereocenters. The number of hydrogen-bond acceptors (Lipinski definition) is 6. The number of nitrogens with zero attached hydrogens (tertiary/aromatic N) is 1. The number of methoxy groups -OCH3 is 2. The van der Waals surface area contributed by atoms with Gasteiger partial charge in [0.05, 0.1) is 35.1 Å². The molecule has 0 spiro atoms. The summed E-state index contributed by atoms with van der Waals surface area (Å²) in [5, 5.41) is 23.2. The van der Waals surface area contributed by atoms with Crippen LogP contribution in [0.25, 0.3) is 0 Å². The Morgan fingerprint density at radius 1 is 1.20 bits per heavy atom. The molecule has 0 saturated carbocycles. The molecule has 0 fully saturated rings. The van der Waals surface area contributed by atoms with Gasteiger partial charge in [0.25, 0.3) is 0 Å². The van der Waals surface area contributed by atoms with Crippen molar-refractivity contribution < 1.29 is 24.5 Å². The smallest absolute Gasteiger partial charge is 0.340 e. The fourth-order valence-electron chi connectivity index (χ4n) is 2.08. The highest BCUT2D eigenvalue weighted by Gasteiger charge is 2.20. The SMILES string of the molecule is COc1ccc(/C=N\Nc2cc(Br)c(O)c(Br)c2)c(C(=O)O)c1OC. The Bertz CT molecular complexity index is 817. The third kappa shape index (κ3) is 4.23. The Hall–Kier alpha value is -2.26. The second-order valence-electron chi connectivity index (χ2n) is 4.73. The predicted molar refractivity (Wildman–Crippen MR) is 101 cm³/mol. The number of anilines is 1. The summed E-state index contributed by atoms with van der Waals surface area (Å²) in [6.45, 7) is 0. The third-order valence-electron chi connectivity index (χ3n) is 3.21. The second kappa shape index (κ2) is 8.21. The van der Waals surface area contributed by atoms with Crippen molar-refractivity contribution in [3.05, 3.63) is 44.3 Å². The van der Waals surface area contributed by atoms with E-state index >= 15 is 0 Å². The van der Waals surface area contributed by atoms with Crippen molar-refractivity contribution in [1.29, 1.82) is 0 Å². The number of hydrogen-bond donors (Lipinski definition) is 3. The van der Waals surface area contributed by atoms with E-state index in [0.29, 0.717) is 25.9 Å². The van der Waals surface area contributed by atoms with Crippen LogP contribution >= 0.6 is 31.9 Å². The molecule has 0 aromatic heterocycles. The van der Waals surface area contributed by atoms with Gasteiger partial charge in [0.15, 0.2) is 11.5 Å². The highest BCUT2D eigenvalue weighted by Crippen LogP contribution is 2.35. The molecule has 0 aliphatic rings. The molecule has 0 saturated heterocycles. The normalized spacial score (nSPS) is 10.7. The number of carboxylic acids is 1. The van der Waals surface area contributed by atoms with E-state index in [2.05, 4.69) is 42.4 Å². The molecule has 2 aromatic rings. The highest BCUT2D eigenvalue weighted by molar-refractivity contribution is 9.11. The van der Waals surface area contributed by atoms with Crippen LogP contribution in [-0.2, 0) is 0 Å². The molecule has 0 atom stereocenters. The summed E-state index contributed by atoms with van der Waals surface area (Å²) in [6.07, 6.45) is 1.36. The van der Waals surface area contributed by atoms with E-state index < -0.39 is 5.97 Å². The lowest BCUT2D eigenvalue weighted by Gasteiger charge is -2.12. The summed E-state index contributed by atoms with van der Waals surface area (Å²) in [5.74, 6) is -0.652. The van der Waals surface area contributed by atoms with Gasteiger partial charge in [-0.1, -0.05) is 0 Å². The van der Waals surface area contributed by atoms with Crippen molar-refractivity contribution >= 4 is 49.7 Å². The molecule has 25 heavy (non-hydrogen) atoms.